The van der Waals surface area contributed by atoms with Gasteiger partial charge in [0.15, 0.2) is 0 Å². The highest BCUT2D eigenvalue weighted by atomic mass is 19.1. The van der Waals surface area contributed by atoms with E-state index >= 15 is 0 Å². The fraction of sp³-hybridized carbons (Fsp3) is 0.111. The Morgan fingerprint density at radius 2 is 1.65 bits per heavy atom. The van der Waals surface area contributed by atoms with Crippen molar-refractivity contribution in [2.24, 2.45) is 0 Å². The number of halogens is 1. The van der Waals surface area contributed by atoms with Crippen molar-refractivity contribution in [2.45, 2.75) is 13.1 Å². The van der Waals surface area contributed by atoms with Crippen LogP contribution in [-0.2, 0) is 13.1 Å². The molecule has 0 saturated heterocycles. The van der Waals surface area contributed by atoms with Crippen molar-refractivity contribution in [1.29, 1.82) is 0 Å². The number of anilines is 3. The molecule has 6 nitrogen and oxygen atoms in total. The Labute approximate surface area is 197 Å². The van der Waals surface area contributed by atoms with Crippen LogP contribution in [-0.4, -0.2) is 21.6 Å². The Kier molecular flexibility index (Phi) is 6.07. The quantitative estimate of drug-likeness (QED) is 0.302. The Hall–Kier alpha value is -4.39. The lowest BCUT2D eigenvalue weighted by molar-refractivity contribution is 0.414. The smallest absolute Gasteiger partial charge is 0.208 e. The number of para-hydroxylation sites is 2. The summed E-state index contributed by atoms with van der Waals surface area (Å²) in [6.07, 6.45) is 1.78. The van der Waals surface area contributed by atoms with Crippen LogP contribution in [0.5, 0.6) is 5.75 Å². The van der Waals surface area contributed by atoms with Crippen LogP contribution in [0.15, 0.2) is 91.1 Å². The first-order valence-corrected chi connectivity index (χ1v) is 11.0. The average Bonchev–Trinajstić information content (AvgIpc) is 3.22. The fourth-order valence-electron chi connectivity index (χ4n) is 3.74. The van der Waals surface area contributed by atoms with Gasteiger partial charge in [0, 0.05) is 6.54 Å². The summed E-state index contributed by atoms with van der Waals surface area (Å²) in [6.45, 7) is 1.23. The molecule has 7 heteroatoms. The molecule has 0 spiro atoms. The molecule has 5 rings (SSSR count). The first-order valence-electron chi connectivity index (χ1n) is 11.0. The van der Waals surface area contributed by atoms with Crippen molar-refractivity contribution in [1.82, 2.24) is 14.5 Å². The summed E-state index contributed by atoms with van der Waals surface area (Å²) < 4.78 is 20.6. The van der Waals surface area contributed by atoms with Crippen molar-refractivity contribution in [2.75, 3.05) is 17.7 Å². The van der Waals surface area contributed by atoms with Gasteiger partial charge < -0.3 is 19.9 Å². The maximum Gasteiger partial charge on any atom is 0.208 e. The summed E-state index contributed by atoms with van der Waals surface area (Å²) >= 11 is 0. The third-order valence-electron chi connectivity index (χ3n) is 5.56. The number of benzene rings is 3. The summed E-state index contributed by atoms with van der Waals surface area (Å²) in [7, 11) is 1.66. The second kappa shape index (κ2) is 9.62. The summed E-state index contributed by atoms with van der Waals surface area (Å²) in [5.41, 5.74) is 4.84. The zero-order valence-electron chi connectivity index (χ0n) is 18.7. The van der Waals surface area contributed by atoms with Crippen LogP contribution in [0.25, 0.3) is 11.0 Å². The molecule has 2 heterocycles. The highest BCUT2D eigenvalue weighted by Gasteiger charge is 2.12. The first kappa shape index (κ1) is 21.5. The molecule has 0 aliphatic rings. The van der Waals surface area contributed by atoms with Gasteiger partial charge in [0.25, 0.3) is 0 Å². The van der Waals surface area contributed by atoms with Gasteiger partial charge in [-0.05, 0) is 59.7 Å². The number of hydrogen-bond donors (Lipinski definition) is 2. The first-order chi connectivity index (χ1) is 16.7. The number of pyridine rings is 1. The number of nitrogens with one attached hydrogen (secondary N) is 2. The SMILES string of the molecule is COc1ccc(CNc2ccc(Nc3nc4ccccc4n3Cc3ccc(F)cc3)cn2)cc1. The van der Waals surface area contributed by atoms with Crippen LogP contribution in [0.1, 0.15) is 11.1 Å². The predicted molar refractivity (Wildman–Crippen MR) is 133 cm³/mol. The van der Waals surface area contributed by atoms with Crippen molar-refractivity contribution in [3.63, 3.8) is 0 Å². The van der Waals surface area contributed by atoms with Crippen molar-refractivity contribution >= 4 is 28.5 Å². The van der Waals surface area contributed by atoms with E-state index in [2.05, 4.69) is 20.2 Å². The zero-order valence-corrected chi connectivity index (χ0v) is 18.7. The minimum Gasteiger partial charge on any atom is -0.497 e. The van der Waals surface area contributed by atoms with E-state index in [0.29, 0.717) is 19.0 Å². The molecule has 0 radical (unpaired) electrons. The van der Waals surface area contributed by atoms with Crippen molar-refractivity contribution < 1.29 is 9.13 Å². The zero-order chi connectivity index (χ0) is 23.3. The molecule has 0 fully saturated rings. The molecule has 0 saturated carbocycles. The van der Waals surface area contributed by atoms with E-state index in [0.717, 1.165) is 39.4 Å². The van der Waals surface area contributed by atoms with Gasteiger partial charge in [0.1, 0.15) is 17.4 Å². The molecule has 2 aromatic heterocycles. The normalized spacial score (nSPS) is 10.9. The van der Waals surface area contributed by atoms with Gasteiger partial charge in [-0.2, -0.15) is 0 Å². The molecule has 0 unspecified atom stereocenters. The molecule has 3 aromatic carbocycles. The van der Waals surface area contributed by atoms with Crippen molar-refractivity contribution in [3.8, 4) is 5.75 Å². The number of ether oxygens (including phenoxy) is 1. The van der Waals surface area contributed by atoms with Gasteiger partial charge in [-0.1, -0.05) is 36.4 Å². The molecule has 0 bridgehead atoms. The fourth-order valence-corrected chi connectivity index (χ4v) is 3.74. The van der Waals surface area contributed by atoms with Crippen molar-refractivity contribution in [3.05, 3.63) is 108 Å². The highest BCUT2D eigenvalue weighted by molar-refractivity contribution is 5.79. The number of nitrogens with zero attached hydrogens (tertiary/aromatic N) is 3. The third kappa shape index (κ3) is 4.83. The van der Waals surface area contributed by atoms with E-state index in [9.17, 15) is 4.39 Å². The minimum atomic E-state index is -0.246. The predicted octanol–water partition coefficient (Wildman–Crippen LogP) is 5.98. The lowest BCUT2D eigenvalue weighted by atomic mass is 10.2. The Morgan fingerprint density at radius 1 is 0.882 bits per heavy atom. The average molecular weight is 454 g/mol. The summed E-state index contributed by atoms with van der Waals surface area (Å²) in [5.74, 6) is 2.07. The summed E-state index contributed by atoms with van der Waals surface area (Å²) in [6, 6.07) is 26.3. The highest BCUT2D eigenvalue weighted by Crippen LogP contribution is 2.24. The largest absolute Gasteiger partial charge is 0.497 e. The molecule has 0 amide bonds. The maximum atomic E-state index is 13.4. The lowest BCUT2D eigenvalue weighted by Gasteiger charge is -2.12. The van der Waals surface area contributed by atoms with Gasteiger partial charge >= 0.3 is 0 Å². The van der Waals surface area contributed by atoms with Crippen LogP contribution in [0.2, 0.25) is 0 Å². The van der Waals surface area contributed by atoms with E-state index in [1.54, 1.807) is 25.4 Å². The Balaban J connectivity index is 1.32. The topological polar surface area (TPSA) is 64.0 Å². The number of hydrogen-bond acceptors (Lipinski definition) is 5. The number of methoxy groups -OCH3 is 1. The molecule has 5 aromatic rings. The van der Waals surface area contributed by atoms with Crippen LogP contribution in [0.3, 0.4) is 0 Å². The second-order valence-electron chi connectivity index (χ2n) is 7.90. The van der Waals surface area contributed by atoms with Crippen LogP contribution >= 0.6 is 0 Å². The summed E-state index contributed by atoms with van der Waals surface area (Å²) in [5, 5.41) is 6.71. The molecule has 170 valence electrons. The van der Waals surface area contributed by atoms with E-state index < -0.39 is 0 Å². The minimum absolute atomic E-state index is 0.246. The van der Waals surface area contributed by atoms with Gasteiger partial charge in [-0.25, -0.2) is 14.4 Å². The second-order valence-corrected chi connectivity index (χ2v) is 7.90. The Bertz CT molecular complexity index is 1380. The van der Waals surface area contributed by atoms with Crippen LogP contribution in [0, 0.1) is 5.82 Å². The monoisotopic (exact) mass is 453 g/mol. The maximum absolute atomic E-state index is 13.4. The van der Waals surface area contributed by atoms with Crippen LogP contribution < -0.4 is 15.4 Å². The Morgan fingerprint density at radius 3 is 2.38 bits per heavy atom. The number of imidazole rings is 1. The van der Waals surface area contributed by atoms with E-state index in [-0.39, 0.29) is 5.82 Å². The molecule has 0 aliphatic heterocycles. The van der Waals surface area contributed by atoms with E-state index in [4.69, 9.17) is 9.72 Å². The molecular weight excluding hydrogens is 429 g/mol. The standard InChI is InChI=1S/C27H24FN5O/c1-34-23-13-8-19(9-14-23)16-29-26-15-12-22(17-30-26)31-27-32-24-4-2-3-5-25(24)33(27)18-20-6-10-21(28)11-7-20/h2-15,17H,16,18H2,1H3,(H,29,30)(H,31,32). The van der Waals surface area contributed by atoms with E-state index in [1.807, 2.05) is 60.7 Å². The van der Waals surface area contributed by atoms with Gasteiger partial charge in [0.05, 0.1) is 36.6 Å². The third-order valence-corrected chi connectivity index (χ3v) is 5.56. The lowest BCUT2D eigenvalue weighted by Crippen LogP contribution is -2.06. The molecule has 2 N–H and O–H groups in total. The van der Waals surface area contributed by atoms with Gasteiger partial charge in [-0.3, -0.25) is 0 Å². The van der Waals surface area contributed by atoms with Gasteiger partial charge in [0.2, 0.25) is 5.95 Å². The molecule has 0 atom stereocenters. The number of fused-ring (bicyclic) bond motifs is 1. The molecular formula is C27H24FN5O. The summed E-state index contributed by atoms with van der Waals surface area (Å²) in [4.78, 5) is 9.28. The molecule has 34 heavy (non-hydrogen) atoms. The van der Waals surface area contributed by atoms with Crippen LogP contribution in [0.4, 0.5) is 21.8 Å². The molecule has 0 aliphatic carbocycles. The van der Waals surface area contributed by atoms with E-state index in [1.165, 1.54) is 12.1 Å². The number of aromatic nitrogens is 3. The number of rotatable bonds is 8. The van der Waals surface area contributed by atoms with Gasteiger partial charge in [-0.15, -0.1) is 0 Å².